The van der Waals surface area contributed by atoms with Crippen molar-refractivity contribution in [1.82, 2.24) is 9.97 Å². The fraction of sp³-hybridized carbons (Fsp3) is 0.0435. The van der Waals surface area contributed by atoms with Gasteiger partial charge < -0.3 is 14.7 Å². The Morgan fingerprint density at radius 2 is 1.29 bits per heavy atom. The Kier molecular flexibility index (Phi) is 4.64. The molecule has 0 amide bonds. The van der Waals surface area contributed by atoms with Crippen molar-refractivity contribution < 1.29 is 4.74 Å². The first kappa shape index (κ1) is 17.5. The van der Waals surface area contributed by atoms with Gasteiger partial charge in [-0.25, -0.2) is 0 Å². The highest BCUT2D eigenvalue weighted by atomic mass is 16.5. The van der Waals surface area contributed by atoms with Gasteiger partial charge in [0.25, 0.3) is 11.1 Å². The maximum Gasteiger partial charge on any atom is 0.272 e. The number of benzene rings is 3. The summed E-state index contributed by atoms with van der Waals surface area (Å²) in [6.07, 6.45) is 3.29. The summed E-state index contributed by atoms with van der Waals surface area (Å²) in [5.74, 6) is 0.722. The summed E-state index contributed by atoms with van der Waals surface area (Å²) in [4.78, 5) is 30.2. The Labute approximate surface area is 160 Å². The first-order valence-electron chi connectivity index (χ1n) is 8.81. The zero-order valence-corrected chi connectivity index (χ0v) is 15.2. The van der Waals surface area contributed by atoms with Crippen molar-refractivity contribution in [2.45, 2.75) is 0 Å². The minimum Gasteiger partial charge on any atom is -0.497 e. The van der Waals surface area contributed by atoms with Crippen LogP contribution < -0.4 is 26.6 Å². The third-order valence-electron chi connectivity index (χ3n) is 4.50. The fourth-order valence-electron chi connectivity index (χ4n) is 3.03. The molecule has 4 rings (SSSR count). The second-order valence-corrected chi connectivity index (χ2v) is 6.40. The van der Waals surface area contributed by atoms with Crippen LogP contribution >= 0.6 is 0 Å². The van der Waals surface area contributed by atoms with Gasteiger partial charge in [0, 0.05) is 0 Å². The van der Waals surface area contributed by atoms with Crippen LogP contribution in [0.15, 0.2) is 76.3 Å². The smallest absolute Gasteiger partial charge is 0.272 e. The molecule has 0 aliphatic carbocycles. The number of hydrogen-bond donors (Lipinski definition) is 2. The van der Waals surface area contributed by atoms with Gasteiger partial charge in [-0.1, -0.05) is 48.5 Å². The number of H-pyrrole nitrogens is 2. The lowest BCUT2D eigenvalue weighted by Crippen LogP contribution is -2.46. The van der Waals surface area contributed by atoms with Crippen molar-refractivity contribution in [3.05, 3.63) is 109 Å². The number of rotatable bonds is 3. The van der Waals surface area contributed by atoms with E-state index in [1.54, 1.807) is 31.4 Å². The lowest BCUT2D eigenvalue weighted by molar-refractivity contribution is 0.415. The summed E-state index contributed by atoms with van der Waals surface area (Å²) in [5.41, 5.74) is 0.912. The summed E-state index contributed by atoms with van der Waals surface area (Å²) in [6.45, 7) is 0. The number of fused-ring (bicyclic) bond motifs is 1. The van der Waals surface area contributed by atoms with Gasteiger partial charge in [-0.05, 0) is 52.3 Å². The molecule has 0 atom stereocenters. The Morgan fingerprint density at radius 1 is 0.714 bits per heavy atom. The van der Waals surface area contributed by atoms with Crippen LogP contribution in [0, 0.1) is 0 Å². The molecular formula is C23H18N2O3. The fourth-order valence-corrected chi connectivity index (χ4v) is 3.03. The lowest BCUT2D eigenvalue weighted by atomic mass is 10.1. The minimum absolute atomic E-state index is 0.200. The van der Waals surface area contributed by atoms with Gasteiger partial charge in [-0.3, -0.25) is 9.59 Å². The van der Waals surface area contributed by atoms with E-state index >= 15 is 0 Å². The second kappa shape index (κ2) is 7.40. The van der Waals surface area contributed by atoms with Crippen LogP contribution in [0.3, 0.4) is 0 Å². The van der Waals surface area contributed by atoms with Gasteiger partial charge in [0.15, 0.2) is 0 Å². The molecule has 0 aliphatic heterocycles. The number of nitrogens with one attached hydrogen (secondary N) is 2. The number of ether oxygens (including phenoxy) is 1. The third-order valence-corrected chi connectivity index (χ3v) is 4.50. The van der Waals surface area contributed by atoms with E-state index in [0.29, 0.717) is 0 Å². The molecule has 0 saturated carbocycles. The van der Waals surface area contributed by atoms with E-state index < -0.39 is 0 Å². The Bertz CT molecular complexity index is 1380. The topological polar surface area (TPSA) is 75.0 Å². The zero-order chi connectivity index (χ0) is 19.5. The average Bonchev–Trinajstić information content (AvgIpc) is 2.72. The Balaban J connectivity index is 1.77. The molecule has 0 unspecified atom stereocenters. The van der Waals surface area contributed by atoms with Crippen molar-refractivity contribution in [2.24, 2.45) is 0 Å². The molecule has 0 aliphatic rings. The number of hydrogen-bond acceptors (Lipinski definition) is 3. The van der Waals surface area contributed by atoms with Crippen molar-refractivity contribution in [3.63, 3.8) is 0 Å². The summed E-state index contributed by atoms with van der Waals surface area (Å²) in [7, 11) is 1.59. The molecule has 5 heteroatoms. The van der Waals surface area contributed by atoms with E-state index in [-0.39, 0.29) is 21.8 Å². The maximum atomic E-state index is 12.5. The largest absolute Gasteiger partial charge is 0.497 e. The predicted molar refractivity (Wildman–Crippen MR) is 111 cm³/mol. The standard InChI is InChI=1S/C23H18N2O3/c1-28-19-10-7-15(8-11-19)13-20-22(26)25-21(23(27)24-20)14-16-6-9-17-4-2-3-5-18(17)12-16/h2-14H,1H3,(H,24,27)(H,25,26). The molecular weight excluding hydrogens is 352 g/mol. The molecule has 28 heavy (non-hydrogen) atoms. The molecule has 2 N–H and O–H groups in total. The quantitative estimate of drug-likeness (QED) is 0.578. The molecule has 0 radical (unpaired) electrons. The van der Waals surface area contributed by atoms with Crippen molar-refractivity contribution in [1.29, 1.82) is 0 Å². The van der Waals surface area contributed by atoms with Crippen LogP contribution in [0.4, 0.5) is 0 Å². The molecule has 0 fully saturated rings. The normalized spacial score (nSPS) is 12.5. The SMILES string of the molecule is COc1ccc(C=c2[nH]c(=O)c(=Cc3ccc4ccccc4c3)[nH]c2=O)cc1. The first-order chi connectivity index (χ1) is 13.6. The van der Waals surface area contributed by atoms with Crippen LogP contribution in [-0.2, 0) is 0 Å². The van der Waals surface area contributed by atoms with Crippen molar-refractivity contribution in [3.8, 4) is 5.75 Å². The first-order valence-corrected chi connectivity index (χ1v) is 8.81. The lowest BCUT2D eigenvalue weighted by Gasteiger charge is -1.99. The van der Waals surface area contributed by atoms with E-state index in [4.69, 9.17) is 4.74 Å². The molecule has 0 bridgehead atoms. The van der Waals surface area contributed by atoms with Gasteiger partial charge in [0.2, 0.25) is 0 Å². The van der Waals surface area contributed by atoms with E-state index in [9.17, 15) is 9.59 Å². The van der Waals surface area contributed by atoms with Crippen LogP contribution in [0.5, 0.6) is 5.75 Å². The predicted octanol–water partition coefficient (Wildman–Crippen LogP) is 1.88. The number of methoxy groups -OCH3 is 1. The highest BCUT2D eigenvalue weighted by Crippen LogP contribution is 2.15. The summed E-state index contributed by atoms with van der Waals surface area (Å²) >= 11 is 0. The molecule has 0 spiro atoms. The monoisotopic (exact) mass is 370 g/mol. The summed E-state index contributed by atoms with van der Waals surface area (Å²) in [5, 5.41) is 2.60. The van der Waals surface area contributed by atoms with Crippen molar-refractivity contribution >= 4 is 22.9 Å². The van der Waals surface area contributed by atoms with E-state index in [0.717, 1.165) is 27.6 Å². The van der Waals surface area contributed by atoms with Gasteiger partial charge in [0.1, 0.15) is 16.4 Å². The molecule has 4 aromatic rings. The van der Waals surface area contributed by atoms with Gasteiger partial charge in [-0.2, -0.15) is 0 Å². The molecule has 3 aromatic carbocycles. The van der Waals surface area contributed by atoms with Gasteiger partial charge in [0.05, 0.1) is 7.11 Å². The van der Waals surface area contributed by atoms with Crippen molar-refractivity contribution in [2.75, 3.05) is 7.11 Å². The molecule has 5 nitrogen and oxygen atoms in total. The second-order valence-electron chi connectivity index (χ2n) is 6.40. The molecule has 1 heterocycles. The summed E-state index contributed by atoms with van der Waals surface area (Å²) in [6, 6.07) is 21.1. The van der Waals surface area contributed by atoms with Crippen LogP contribution in [0.1, 0.15) is 11.1 Å². The van der Waals surface area contributed by atoms with E-state index in [1.807, 2.05) is 54.6 Å². The number of aromatic amines is 2. The third kappa shape index (κ3) is 3.64. The average molecular weight is 370 g/mol. The van der Waals surface area contributed by atoms with Gasteiger partial charge in [-0.15, -0.1) is 0 Å². The Hall–Kier alpha value is -3.86. The molecule has 138 valence electrons. The van der Waals surface area contributed by atoms with Crippen LogP contribution in [-0.4, -0.2) is 17.1 Å². The summed E-state index contributed by atoms with van der Waals surface area (Å²) < 4.78 is 5.12. The van der Waals surface area contributed by atoms with E-state index in [1.165, 1.54) is 0 Å². The zero-order valence-electron chi connectivity index (χ0n) is 15.2. The minimum atomic E-state index is -0.359. The molecule has 0 saturated heterocycles. The Morgan fingerprint density at radius 3 is 1.93 bits per heavy atom. The van der Waals surface area contributed by atoms with Gasteiger partial charge >= 0.3 is 0 Å². The van der Waals surface area contributed by atoms with Crippen LogP contribution in [0.2, 0.25) is 0 Å². The highest BCUT2D eigenvalue weighted by Gasteiger charge is 1.99. The molecule has 1 aromatic heterocycles. The van der Waals surface area contributed by atoms with E-state index in [2.05, 4.69) is 9.97 Å². The van der Waals surface area contributed by atoms with Crippen LogP contribution in [0.25, 0.3) is 22.9 Å². The number of aromatic nitrogens is 2. The highest BCUT2D eigenvalue weighted by molar-refractivity contribution is 5.84. The maximum absolute atomic E-state index is 12.5.